The molecular weight excluding hydrogens is 354 g/mol. The monoisotopic (exact) mass is 381 g/mol. The average molecular weight is 381 g/mol. The van der Waals surface area contributed by atoms with Crippen LogP contribution in [0.25, 0.3) is 0 Å². The third kappa shape index (κ3) is 3.86. The predicted octanol–water partition coefficient (Wildman–Crippen LogP) is 3.54. The highest BCUT2D eigenvalue weighted by atomic mass is 32.2. The first kappa shape index (κ1) is 19.1. The number of benzene rings is 1. The molecule has 1 saturated heterocycles. The Morgan fingerprint density at radius 3 is 2.31 bits per heavy atom. The van der Waals surface area contributed by atoms with Gasteiger partial charge in [-0.1, -0.05) is 25.7 Å². The number of hydrogen-bond acceptors (Lipinski definition) is 5. The van der Waals surface area contributed by atoms with Crippen molar-refractivity contribution in [1.82, 2.24) is 4.31 Å². The number of sulfonamides is 1. The first-order valence-corrected chi connectivity index (χ1v) is 10.9. The van der Waals surface area contributed by atoms with E-state index in [1.807, 2.05) is 11.9 Å². The first-order chi connectivity index (χ1) is 12.4. The fraction of sp³-hybridized carbons (Fsp3) is 0.667. The second kappa shape index (κ2) is 7.92. The quantitative estimate of drug-likeness (QED) is 0.575. The van der Waals surface area contributed by atoms with Crippen LogP contribution in [0.3, 0.4) is 0 Å². The standard InChI is InChI=1S/C18H27N3O4S/c1-19(15-8-4-2-5-9-15)17-11-10-16(14-18(17)21(22)23)26(24,25)20-12-6-3-7-13-20/h10-11,14-15H,2-9,12-13H2,1H3. The van der Waals surface area contributed by atoms with Gasteiger partial charge in [-0.3, -0.25) is 10.1 Å². The van der Waals surface area contributed by atoms with Crippen LogP contribution in [0.4, 0.5) is 11.4 Å². The van der Waals surface area contributed by atoms with E-state index in [1.54, 1.807) is 6.07 Å². The molecule has 1 saturated carbocycles. The summed E-state index contributed by atoms with van der Waals surface area (Å²) in [6.45, 7) is 0.972. The number of piperidine rings is 1. The third-order valence-electron chi connectivity index (χ3n) is 5.60. The van der Waals surface area contributed by atoms with Crippen LogP contribution in [-0.2, 0) is 10.0 Å². The number of anilines is 1. The van der Waals surface area contributed by atoms with Crippen LogP contribution >= 0.6 is 0 Å². The number of nitrogens with zero attached hydrogens (tertiary/aromatic N) is 3. The second-order valence-corrected chi connectivity index (χ2v) is 9.21. The molecular formula is C18H27N3O4S. The number of rotatable bonds is 5. The molecule has 0 aromatic heterocycles. The maximum absolute atomic E-state index is 12.8. The van der Waals surface area contributed by atoms with Crippen LogP contribution in [0.5, 0.6) is 0 Å². The zero-order chi connectivity index (χ0) is 18.7. The molecule has 0 spiro atoms. The molecule has 3 rings (SSSR count). The summed E-state index contributed by atoms with van der Waals surface area (Å²) in [5.41, 5.74) is 0.371. The lowest BCUT2D eigenvalue weighted by atomic mass is 9.94. The highest BCUT2D eigenvalue weighted by molar-refractivity contribution is 7.89. The Labute approximate surface area is 155 Å². The van der Waals surface area contributed by atoms with Gasteiger partial charge in [0.15, 0.2) is 0 Å². The minimum atomic E-state index is -3.68. The van der Waals surface area contributed by atoms with Gasteiger partial charge in [0.25, 0.3) is 5.69 Å². The van der Waals surface area contributed by atoms with Gasteiger partial charge >= 0.3 is 0 Å². The van der Waals surface area contributed by atoms with Crippen molar-refractivity contribution in [3.8, 4) is 0 Å². The molecule has 0 amide bonds. The largest absolute Gasteiger partial charge is 0.366 e. The summed E-state index contributed by atoms with van der Waals surface area (Å²) in [5, 5.41) is 11.6. The summed E-state index contributed by atoms with van der Waals surface area (Å²) in [7, 11) is -1.80. The molecule has 0 atom stereocenters. The fourth-order valence-corrected chi connectivity index (χ4v) is 5.57. The van der Waals surface area contributed by atoms with Crippen LogP contribution in [-0.4, -0.2) is 43.8 Å². The lowest BCUT2D eigenvalue weighted by molar-refractivity contribution is -0.384. The Morgan fingerprint density at radius 2 is 1.69 bits per heavy atom. The lowest BCUT2D eigenvalue weighted by Crippen LogP contribution is -2.36. The molecule has 1 heterocycles. The summed E-state index contributed by atoms with van der Waals surface area (Å²) in [6.07, 6.45) is 8.20. The smallest absolute Gasteiger partial charge is 0.293 e. The van der Waals surface area contributed by atoms with Crippen LogP contribution in [0.1, 0.15) is 51.4 Å². The van der Waals surface area contributed by atoms with Crippen molar-refractivity contribution < 1.29 is 13.3 Å². The number of hydrogen-bond donors (Lipinski definition) is 0. The SMILES string of the molecule is CN(c1ccc(S(=O)(=O)N2CCCCC2)cc1[N+](=O)[O-])C1CCCCC1. The van der Waals surface area contributed by atoms with E-state index in [0.29, 0.717) is 18.8 Å². The summed E-state index contributed by atoms with van der Waals surface area (Å²) in [4.78, 5) is 13.1. The summed E-state index contributed by atoms with van der Waals surface area (Å²) in [5.74, 6) is 0. The Balaban J connectivity index is 1.92. The van der Waals surface area contributed by atoms with Crippen molar-refractivity contribution in [1.29, 1.82) is 0 Å². The Hall–Kier alpha value is -1.67. The Kier molecular flexibility index (Phi) is 5.82. The first-order valence-electron chi connectivity index (χ1n) is 9.42. The molecule has 1 aliphatic heterocycles. The van der Waals surface area contributed by atoms with E-state index in [2.05, 4.69) is 0 Å². The van der Waals surface area contributed by atoms with Crippen molar-refractivity contribution in [3.05, 3.63) is 28.3 Å². The average Bonchev–Trinajstić information content (AvgIpc) is 2.68. The van der Waals surface area contributed by atoms with Crippen molar-refractivity contribution in [3.63, 3.8) is 0 Å². The molecule has 2 fully saturated rings. The molecule has 26 heavy (non-hydrogen) atoms. The molecule has 7 nitrogen and oxygen atoms in total. The number of nitro groups is 1. The van der Waals surface area contributed by atoms with Gasteiger partial charge in [-0.25, -0.2) is 8.42 Å². The summed E-state index contributed by atoms with van der Waals surface area (Å²) < 4.78 is 27.1. The zero-order valence-corrected chi connectivity index (χ0v) is 16.1. The van der Waals surface area contributed by atoms with Gasteiger partial charge in [0.1, 0.15) is 5.69 Å². The third-order valence-corrected chi connectivity index (χ3v) is 7.49. The molecule has 0 radical (unpaired) electrons. The van der Waals surface area contributed by atoms with E-state index in [0.717, 1.165) is 44.9 Å². The van der Waals surface area contributed by atoms with Crippen LogP contribution in [0, 0.1) is 10.1 Å². The topological polar surface area (TPSA) is 83.8 Å². The van der Waals surface area contributed by atoms with E-state index in [9.17, 15) is 18.5 Å². The predicted molar refractivity (Wildman–Crippen MR) is 101 cm³/mol. The molecule has 1 aromatic rings. The highest BCUT2D eigenvalue weighted by Crippen LogP contribution is 2.35. The van der Waals surface area contributed by atoms with Gasteiger partial charge in [0, 0.05) is 32.2 Å². The molecule has 0 N–H and O–H groups in total. The molecule has 1 aliphatic carbocycles. The molecule has 8 heteroatoms. The van der Waals surface area contributed by atoms with E-state index < -0.39 is 14.9 Å². The lowest BCUT2D eigenvalue weighted by Gasteiger charge is -2.32. The highest BCUT2D eigenvalue weighted by Gasteiger charge is 2.30. The van der Waals surface area contributed by atoms with Crippen LogP contribution < -0.4 is 4.90 Å². The summed E-state index contributed by atoms with van der Waals surface area (Å²) in [6, 6.07) is 4.63. The fourth-order valence-electron chi connectivity index (χ4n) is 4.03. The molecule has 2 aliphatic rings. The van der Waals surface area contributed by atoms with Crippen LogP contribution in [0.2, 0.25) is 0 Å². The van der Waals surface area contributed by atoms with E-state index in [-0.39, 0.29) is 16.6 Å². The van der Waals surface area contributed by atoms with E-state index in [1.165, 1.54) is 22.9 Å². The van der Waals surface area contributed by atoms with Crippen molar-refractivity contribution >= 4 is 21.4 Å². The van der Waals surface area contributed by atoms with E-state index >= 15 is 0 Å². The van der Waals surface area contributed by atoms with Gasteiger partial charge in [-0.2, -0.15) is 4.31 Å². The molecule has 144 valence electrons. The van der Waals surface area contributed by atoms with E-state index in [4.69, 9.17) is 0 Å². The maximum Gasteiger partial charge on any atom is 0.293 e. The minimum absolute atomic E-state index is 0.0203. The van der Waals surface area contributed by atoms with Gasteiger partial charge in [-0.05, 0) is 37.8 Å². The second-order valence-electron chi connectivity index (χ2n) is 7.28. The Morgan fingerprint density at radius 1 is 1.08 bits per heavy atom. The maximum atomic E-state index is 12.8. The van der Waals surface area contributed by atoms with Crippen molar-refractivity contribution in [2.45, 2.75) is 62.3 Å². The number of nitro benzene ring substituents is 1. The molecule has 0 bridgehead atoms. The zero-order valence-electron chi connectivity index (χ0n) is 15.3. The van der Waals surface area contributed by atoms with Crippen LogP contribution in [0.15, 0.2) is 23.1 Å². The molecule has 1 aromatic carbocycles. The normalized spacial score (nSPS) is 20.0. The minimum Gasteiger partial charge on any atom is -0.366 e. The van der Waals surface area contributed by atoms with Gasteiger partial charge in [0.05, 0.1) is 9.82 Å². The van der Waals surface area contributed by atoms with Gasteiger partial charge in [-0.15, -0.1) is 0 Å². The van der Waals surface area contributed by atoms with Crippen molar-refractivity contribution in [2.24, 2.45) is 0 Å². The van der Waals surface area contributed by atoms with Gasteiger partial charge < -0.3 is 4.90 Å². The van der Waals surface area contributed by atoms with Gasteiger partial charge in [0.2, 0.25) is 10.0 Å². The summed E-state index contributed by atoms with van der Waals surface area (Å²) >= 11 is 0. The Bertz CT molecular complexity index is 754. The molecule has 0 unspecified atom stereocenters. The van der Waals surface area contributed by atoms with Crippen molar-refractivity contribution in [2.75, 3.05) is 25.0 Å².